The number of nitrogens with one attached hydrogen (secondary N) is 1. The molecule has 1 unspecified atom stereocenters. The number of carboxylic acids is 1. The number of carboxylic acid groups (broad SMARTS) is 1. The number of hydrogen-bond donors (Lipinski definition) is 3. The summed E-state index contributed by atoms with van der Waals surface area (Å²) in [6, 6.07) is 2.83. The molecule has 6 heteroatoms. The molecular weight excluding hydrogens is 239 g/mol. The van der Waals surface area contributed by atoms with Crippen molar-refractivity contribution in [3.63, 3.8) is 0 Å². The van der Waals surface area contributed by atoms with Gasteiger partial charge in [-0.15, -0.1) is 6.58 Å². The summed E-state index contributed by atoms with van der Waals surface area (Å²) in [5, 5.41) is 11.5. The molecule has 1 atom stereocenters. The molecule has 96 valence electrons. The van der Waals surface area contributed by atoms with E-state index in [1.165, 1.54) is 18.2 Å². The van der Waals surface area contributed by atoms with Crippen molar-refractivity contribution in [1.29, 1.82) is 0 Å². The van der Waals surface area contributed by atoms with E-state index in [0.29, 0.717) is 0 Å². The van der Waals surface area contributed by atoms with Crippen LogP contribution in [0.4, 0.5) is 10.1 Å². The maximum atomic E-state index is 13.4. The van der Waals surface area contributed by atoms with E-state index in [4.69, 9.17) is 10.8 Å². The van der Waals surface area contributed by atoms with Gasteiger partial charge in [0, 0.05) is 0 Å². The van der Waals surface area contributed by atoms with E-state index in [9.17, 15) is 14.0 Å². The Bertz CT molecular complexity index is 488. The number of hydrogen-bond acceptors (Lipinski definition) is 3. The molecule has 0 aromatic heterocycles. The Hall–Kier alpha value is -2.37. The predicted molar refractivity (Wildman–Crippen MR) is 64.8 cm³/mol. The van der Waals surface area contributed by atoms with E-state index >= 15 is 0 Å². The summed E-state index contributed by atoms with van der Waals surface area (Å²) in [6.45, 7) is 3.43. The summed E-state index contributed by atoms with van der Waals surface area (Å²) in [5.41, 5.74) is 4.75. The van der Waals surface area contributed by atoms with Gasteiger partial charge in [0.05, 0.1) is 11.3 Å². The van der Waals surface area contributed by atoms with Gasteiger partial charge < -0.3 is 16.2 Å². The number of primary amides is 1. The minimum Gasteiger partial charge on any atom is -0.480 e. The van der Waals surface area contributed by atoms with Crippen LogP contribution in [0.1, 0.15) is 16.8 Å². The maximum absolute atomic E-state index is 13.4. The van der Waals surface area contributed by atoms with Crippen LogP contribution < -0.4 is 11.1 Å². The lowest BCUT2D eigenvalue weighted by molar-refractivity contribution is -0.137. The molecule has 1 aromatic carbocycles. The van der Waals surface area contributed by atoms with Gasteiger partial charge in [-0.3, -0.25) is 4.79 Å². The van der Waals surface area contributed by atoms with Crippen molar-refractivity contribution in [2.45, 2.75) is 12.5 Å². The van der Waals surface area contributed by atoms with Crippen LogP contribution in [0.5, 0.6) is 0 Å². The minimum atomic E-state index is -1.13. The highest BCUT2D eigenvalue weighted by Gasteiger charge is 2.20. The first kappa shape index (κ1) is 13.7. The Morgan fingerprint density at radius 1 is 1.56 bits per heavy atom. The first-order chi connectivity index (χ1) is 8.47. The maximum Gasteiger partial charge on any atom is 0.326 e. The third kappa shape index (κ3) is 3.07. The molecule has 0 saturated heterocycles. The van der Waals surface area contributed by atoms with Gasteiger partial charge in [-0.05, 0) is 18.6 Å². The zero-order valence-corrected chi connectivity index (χ0v) is 9.52. The number of halogens is 1. The van der Waals surface area contributed by atoms with Crippen LogP contribution in [-0.4, -0.2) is 23.0 Å². The lowest BCUT2D eigenvalue weighted by Gasteiger charge is -2.16. The highest BCUT2D eigenvalue weighted by molar-refractivity contribution is 5.99. The quantitative estimate of drug-likeness (QED) is 0.666. The van der Waals surface area contributed by atoms with Crippen LogP contribution in [0.25, 0.3) is 0 Å². The molecule has 18 heavy (non-hydrogen) atoms. The number of nitrogens with two attached hydrogens (primary N) is 1. The third-order valence-corrected chi connectivity index (χ3v) is 2.29. The molecule has 0 spiro atoms. The monoisotopic (exact) mass is 252 g/mol. The zero-order valence-electron chi connectivity index (χ0n) is 9.52. The Morgan fingerprint density at radius 2 is 2.22 bits per heavy atom. The van der Waals surface area contributed by atoms with E-state index in [-0.39, 0.29) is 17.7 Å². The predicted octanol–water partition coefficient (Wildman–Crippen LogP) is 1.37. The third-order valence-electron chi connectivity index (χ3n) is 2.29. The van der Waals surface area contributed by atoms with Crippen molar-refractivity contribution >= 4 is 17.6 Å². The molecule has 0 fully saturated rings. The van der Waals surface area contributed by atoms with E-state index in [1.54, 1.807) is 0 Å². The second-order valence-electron chi connectivity index (χ2n) is 3.59. The number of carbonyl (C=O) groups is 2. The van der Waals surface area contributed by atoms with E-state index < -0.39 is 23.7 Å². The SMILES string of the molecule is C=CCC(Nc1cccc(F)c1C(N)=O)C(=O)O. The second kappa shape index (κ2) is 5.81. The average Bonchev–Trinajstić information content (AvgIpc) is 2.27. The first-order valence-electron chi connectivity index (χ1n) is 5.16. The van der Waals surface area contributed by atoms with Crippen molar-refractivity contribution in [2.75, 3.05) is 5.32 Å². The standard InChI is InChI=1S/C12H13FN2O3/c1-2-4-9(12(17)18)15-8-6-3-5-7(13)10(8)11(14)16/h2-3,5-6,9,15H,1,4H2,(H2,14,16)(H,17,18). The van der Waals surface area contributed by atoms with Crippen LogP contribution in [-0.2, 0) is 4.79 Å². The smallest absolute Gasteiger partial charge is 0.326 e. The number of carbonyl (C=O) groups excluding carboxylic acids is 1. The summed E-state index contributed by atoms with van der Waals surface area (Å²) in [4.78, 5) is 22.1. The number of amides is 1. The molecule has 0 aliphatic heterocycles. The highest BCUT2D eigenvalue weighted by atomic mass is 19.1. The van der Waals surface area contributed by atoms with Crippen molar-refractivity contribution in [2.24, 2.45) is 5.73 Å². The fourth-order valence-corrected chi connectivity index (χ4v) is 1.47. The Labute approximate surface area is 103 Å². The van der Waals surface area contributed by atoms with Gasteiger partial charge in [-0.1, -0.05) is 12.1 Å². The van der Waals surface area contributed by atoms with Gasteiger partial charge in [-0.25, -0.2) is 9.18 Å². The van der Waals surface area contributed by atoms with Gasteiger partial charge in [0.15, 0.2) is 0 Å². The van der Waals surface area contributed by atoms with Crippen LogP contribution in [0.15, 0.2) is 30.9 Å². The molecule has 0 heterocycles. The van der Waals surface area contributed by atoms with Crippen LogP contribution in [0, 0.1) is 5.82 Å². The molecule has 5 nitrogen and oxygen atoms in total. The van der Waals surface area contributed by atoms with Crippen molar-refractivity contribution < 1.29 is 19.1 Å². The summed E-state index contributed by atoms with van der Waals surface area (Å²) >= 11 is 0. The van der Waals surface area contributed by atoms with Crippen molar-refractivity contribution in [3.8, 4) is 0 Å². The largest absolute Gasteiger partial charge is 0.480 e. The number of rotatable bonds is 6. The Balaban J connectivity index is 3.09. The molecule has 0 radical (unpaired) electrons. The summed E-state index contributed by atoms with van der Waals surface area (Å²) in [5.74, 6) is -2.89. The van der Waals surface area contributed by atoms with Crippen molar-refractivity contribution in [1.82, 2.24) is 0 Å². The van der Waals surface area contributed by atoms with Crippen molar-refractivity contribution in [3.05, 3.63) is 42.2 Å². The van der Waals surface area contributed by atoms with Gasteiger partial charge in [0.2, 0.25) is 0 Å². The molecule has 1 amide bonds. The Kier molecular flexibility index (Phi) is 4.42. The summed E-state index contributed by atoms with van der Waals surface area (Å²) < 4.78 is 13.4. The topological polar surface area (TPSA) is 92.4 Å². The fraction of sp³-hybridized carbons (Fsp3) is 0.167. The number of benzene rings is 1. The van der Waals surface area contributed by atoms with Gasteiger partial charge >= 0.3 is 5.97 Å². The molecule has 0 aliphatic rings. The zero-order chi connectivity index (χ0) is 13.7. The van der Waals surface area contributed by atoms with Gasteiger partial charge in [0.1, 0.15) is 11.9 Å². The molecular formula is C12H13FN2O3. The van der Waals surface area contributed by atoms with Gasteiger partial charge in [0.25, 0.3) is 5.91 Å². The molecule has 1 rings (SSSR count). The van der Waals surface area contributed by atoms with E-state index in [0.717, 1.165) is 6.07 Å². The highest BCUT2D eigenvalue weighted by Crippen LogP contribution is 2.20. The molecule has 0 saturated carbocycles. The van der Waals surface area contributed by atoms with E-state index in [2.05, 4.69) is 11.9 Å². The molecule has 0 aliphatic carbocycles. The van der Waals surface area contributed by atoms with Crippen LogP contribution >= 0.6 is 0 Å². The molecule has 1 aromatic rings. The number of anilines is 1. The van der Waals surface area contributed by atoms with E-state index in [1.807, 2.05) is 0 Å². The molecule has 0 bridgehead atoms. The van der Waals surface area contributed by atoms with Gasteiger partial charge in [-0.2, -0.15) is 0 Å². The Morgan fingerprint density at radius 3 is 2.72 bits per heavy atom. The summed E-state index contributed by atoms with van der Waals surface area (Å²) in [6.07, 6.45) is 1.54. The first-order valence-corrected chi connectivity index (χ1v) is 5.16. The average molecular weight is 252 g/mol. The second-order valence-corrected chi connectivity index (χ2v) is 3.59. The fourth-order valence-electron chi connectivity index (χ4n) is 1.47. The lowest BCUT2D eigenvalue weighted by atomic mass is 10.1. The molecule has 4 N–H and O–H groups in total. The van der Waals surface area contributed by atoms with Crippen LogP contribution in [0.3, 0.4) is 0 Å². The van der Waals surface area contributed by atoms with Crippen LogP contribution in [0.2, 0.25) is 0 Å². The lowest BCUT2D eigenvalue weighted by Crippen LogP contribution is -2.30. The normalized spacial score (nSPS) is 11.6. The summed E-state index contributed by atoms with van der Waals surface area (Å²) in [7, 11) is 0. The number of aliphatic carboxylic acids is 1. The minimum absolute atomic E-state index is 0.0525.